The van der Waals surface area contributed by atoms with Crippen LogP contribution in [0.2, 0.25) is 0 Å². The van der Waals surface area contributed by atoms with Crippen molar-refractivity contribution in [2.75, 3.05) is 19.7 Å². The molecule has 0 bridgehead atoms. The fourth-order valence-corrected chi connectivity index (χ4v) is 2.96. The molecule has 3 nitrogen and oxygen atoms in total. The van der Waals surface area contributed by atoms with Gasteiger partial charge >= 0.3 is 5.97 Å². The number of carbonyl (C=O) groups excluding carboxylic acids is 1. The second-order valence-electron chi connectivity index (χ2n) is 5.97. The lowest BCUT2D eigenvalue weighted by Gasteiger charge is -2.26. The molecular formula is C16H31NO2. The van der Waals surface area contributed by atoms with Crippen LogP contribution in [0.1, 0.15) is 65.7 Å². The predicted octanol–water partition coefficient (Wildman–Crippen LogP) is 3.53. The Morgan fingerprint density at radius 3 is 2.63 bits per heavy atom. The van der Waals surface area contributed by atoms with E-state index >= 15 is 0 Å². The van der Waals surface area contributed by atoms with E-state index in [9.17, 15) is 4.79 Å². The second-order valence-corrected chi connectivity index (χ2v) is 5.97. The summed E-state index contributed by atoms with van der Waals surface area (Å²) in [5.74, 6) is 0.575. The summed E-state index contributed by atoms with van der Waals surface area (Å²) in [7, 11) is 0. The number of carbonyl (C=O) groups is 1. The highest BCUT2D eigenvalue weighted by molar-refractivity contribution is 5.77. The SMILES string of the molecule is CCCCC(CC)COC(=O)C1(CCC)CCNC1. The van der Waals surface area contributed by atoms with Gasteiger partial charge in [-0.3, -0.25) is 4.79 Å². The van der Waals surface area contributed by atoms with E-state index in [1.165, 1.54) is 19.3 Å². The fourth-order valence-electron chi connectivity index (χ4n) is 2.96. The van der Waals surface area contributed by atoms with Crippen LogP contribution in [-0.4, -0.2) is 25.7 Å². The first-order valence-corrected chi connectivity index (χ1v) is 8.06. The Morgan fingerprint density at radius 1 is 1.32 bits per heavy atom. The summed E-state index contributed by atoms with van der Waals surface area (Å²) in [6.07, 6.45) is 7.66. The second kappa shape index (κ2) is 8.57. The lowest BCUT2D eigenvalue weighted by molar-refractivity contribution is -0.156. The van der Waals surface area contributed by atoms with Gasteiger partial charge in [0.1, 0.15) is 0 Å². The van der Waals surface area contributed by atoms with E-state index in [2.05, 4.69) is 26.1 Å². The summed E-state index contributed by atoms with van der Waals surface area (Å²) >= 11 is 0. The van der Waals surface area contributed by atoms with E-state index in [1.807, 2.05) is 0 Å². The van der Waals surface area contributed by atoms with Crippen LogP contribution in [-0.2, 0) is 9.53 Å². The quantitative estimate of drug-likeness (QED) is 0.651. The Hall–Kier alpha value is -0.570. The van der Waals surface area contributed by atoms with Gasteiger partial charge in [0.2, 0.25) is 0 Å². The van der Waals surface area contributed by atoms with Gasteiger partial charge in [-0.25, -0.2) is 0 Å². The standard InChI is InChI=1S/C16H31NO2/c1-4-7-8-14(6-3)12-19-15(18)16(9-5-2)10-11-17-13-16/h14,17H,4-13H2,1-3H3. The first-order chi connectivity index (χ1) is 9.18. The highest BCUT2D eigenvalue weighted by Crippen LogP contribution is 2.32. The summed E-state index contributed by atoms with van der Waals surface area (Å²) in [5.41, 5.74) is -0.238. The highest BCUT2D eigenvalue weighted by atomic mass is 16.5. The largest absolute Gasteiger partial charge is 0.465 e. The molecule has 0 amide bonds. The minimum Gasteiger partial charge on any atom is -0.465 e. The Kier molecular flexibility index (Phi) is 7.44. The molecule has 1 saturated heterocycles. The van der Waals surface area contributed by atoms with E-state index < -0.39 is 0 Å². The number of nitrogens with one attached hydrogen (secondary N) is 1. The fraction of sp³-hybridized carbons (Fsp3) is 0.938. The summed E-state index contributed by atoms with van der Waals surface area (Å²) in [5, 5.41) is 3.31. The molecule has 0 spiro atoms. The van der Waals surface area contributed by atoms with Crippen molar-refractivity contribution in [3.05, 3.63) is 0 Å². The highest BCUT2D eigenvalue weighted by Gasteiger charge is 2.41. The Morgan fingerprint density at radius 2 is 2.11 bits per heavy atom. The number of ether oxygens (including phenoxy) is 1. The molecule has 1 aliphatic rings. The first kappa shape index (κ1) is 16.5. The van der Waals surface area contributed by atoms with Crippen LogP contribution in [0, 0.1) is 11.3 Å². The Bertz CT molecular complexity index is 259. The van der Waals surface area contributed by atoms with Crippen LogP contribution < -0.4 is 5.32 Å². The van der Waals surface area contributed by atoms with E-state index in [1.54, 1.807) is 0 Å². The molecule has 1 aliphatic heterocycles. The zero-order valence-electron chi connectivity index (χ0n) is 13.0. The molecule has 2 atom stereocenters. The van der Waals surface area contributed by atoms with Crippen molar-refractivity contribution in [2.45, 2.75) is 65.7 Å². The zero-order valence-corrected chi connectivity index (χ0v) is 13.0. The maximum absolute atomic E-state index is 12.4. The normalized spacial score (nSPS) is 24.4. The number of rotatable bonds is 9. The Labute approximate surface area is 118 Å². The Balaban J connectivity index is 2.43. The predicted molar refractivity (Wildman–Crippen MR) is 79.1 cm³/mol. The molecule has 0 aromatic rings. The molecule has 1 fully saturated rings. The van der Waals surface area contributed by atoms with Gasteiger partial charge in [0.25, 0.3) is 0 Å². The van der Waals surface area contributed by atoms with Crippen molar-refractivity contribution in [1.82, 2.24) is 5.32 Å². The van der Waals surface area contributed by atoms with Crippen LogP contribution in [0.25, 0.3) is 0 Å². The van der Waals surface area contributed by atoms with E-state index in [-0.39, 0.29) is 11.4 Å². The third kappa shape index (κ3) is 4.79. The van der Waals surface area contributed by atoms with Gasteiger partial charge in [-0.2, -0.15) is 0 Å². The monoisotopic (exact) mass is 269 g/mol. The molecule has 0 radical (unpaired) electrons. The number of hydrogen-bond acceptors (Lipinski definition) is 3. The van der Waals surface area contributed by atoms with E-state index in [0.717, 1.165) is 38.8 Å². The van der Waals surface area contributed by atoms with Gasteiger partial charge < -0.3 is 10.1 Å². The lowest BCUT2D eigenvalue weighted by atomic mass is 9.82. The zero-order chi connectivity index (χ0) is 14.1. The maximum Gasteiger partial charge on any atom is 0.313 e. The summed E-state index contributed by atoms with van der Waals surface area (Å²) in [6.45, 7) is 8.89. The molecule has 0 aromatic carbocycles. The molecule has 1 rings (SSSR count). The summed E-state index contributed by atoms with van der Waals surface area (Å²) in [4.78, 5) is 12.4. The molecule has 112 valence electrons. The smallest absolute Gasteiger partial charge is 0.313 e. The molecule has 0 saturated carbocycles. The van der Waals surface area contributed by atoms with Gasteiger partial charge in [-0.15, -0.1) is 0 Å². The summed E-state index contributed by atoms with van der Waals surface area (Å²) < 4.78 is 5.65. The molecule has 1 N–H and O–H groups in total. The van der Waals surface area contributed by atoms with Gasteiger partial charge in [0.05, 0.1) is 12.0 Å². The minimum absolute atomic E-state index is 0.0364. The van der Waals surface area contributed by atoms with Gasteiger partial charge in [0, 0.05) is 6.54 Å². The van der Waals surface area contributed by atoms with Crippen molar-refractivity contribution < 1.29 is 9.53 Å². The average Bonchev–Trinajstić information content (AvgIpc) is 2.89. The molecule has 0 aliphatic carbocycles. The van der Waals surface area contributed by atoms with Crippen molar-refractivity contribution in [1.29, 1.82) is 0 Å². The van der Waals surface area contributed by atoms with E-state index in [4.69, 9.17) is 4.74 Å². The molecule has 3 heteroatoms. The van der Waals surface area contributed by atoms with Crippen LogP contribution in [0.5, 0.6) is 0 Å². The minimum atomic E-state index is -0.238. The van der Waals surface area contributed by atoms with Gasteiger partial charge in [-0.05, 0) is 31.7 Å². The maximum atomic E-state index is 12.4. The third-order valence-corrected chi connectivity index (χ3v) is 4.40. The first-order valence-electron chi connectivity index (χ1n) is 8.06. The molecule has 0 aromatic heterocycles. The third-order valence-electron chi connectivity index (χ3n) is 4.40. The van der Waals surface area contributed by atoms with Crippen LogP contribution in [0.4, 0.5) is 0 Å². The van der Waals surface area contributed by atoms with Crippen molar-refractivity contribution in [3.8, 4) is 0 Å². The van der Waals surface area contributed by atoms with Crippen molar-refractivity contribution >= 4 is 5.97 Å². The molecule has 1 heterocycles. The number of hydrogen-bond donors (Lipinski definition) is 1. The van der Waals surface area contributed by atoms with Crippen LogP contribution in [0.15, 0.2) is 0 Å². The van der Waals surface area contributed by atoms with Gasteiger partial charge in [-0.1, -0.05) is 46.5 Å². The molecular weight excluding hydrogens is 238 g/mol. The summed E-state index contributed by atoms with van der Waals surface area (Å²) in [6, 6.07) is 0. The molecule has 2 unspecified atom stereocenters. The number of esters is 1. The number of unbranched alkanes of at least 4 members (excludes halogenated alkanes) is 1. The molecule has 19 heavy (non-hydrogen) atoms. The lowest BCUT2D eigenvalue weighted by Crippen LogP contribution is -2.36. The average molecular weight is 269 g/mol. The van der Waals surface area contributed by atoms with E-state index in [0.29, 0.717) is 12.5 Å². The van der Waals surface area contributed by atoms with Crippen LogP contribution in [0.3, 0.4) is 0 Å². The van der Waals surface area contributed by atoms with Gasteiger partial charge in [0.15, 0.2) is 0 Å². The van der Waals surface area contributed by atoms with Crippen LogP contribution >= 0.6 is 0 Å². The van der Waals surface area contributed by atoms with Crippen molar-refractivity contribution in [3.63, 3.8) is 0 Å². The topological polar surface area (TPSA) is 38.3 Å². The van der Waals surface area contributed by atoms with Crippen molar-refractivity contribution in [2.24, 2.45) is 11.3 Å².